The number of carbonyl (C=O) groups is 1. The van der Waals surface area contributed by atoms with E-state index in [0.717, 1.165) is 10.2 Å². The van der Waals surface area contributed by atoms with E-state index in [2.05, 4.69) is 27.3 Å². The Morgan fingerprint density at radius 3 is 2.61 bits per heavy atom. The van der Waals surface area contributed by atoms with Crippen LogP contribution in [0.3, 0.4) is 0 Å². The van der Waals surface area contributed by atoms with Gasteiger partial charge < -0.3 is 10.1 Å². The molecule has 0 aliphatic carbocycles. The lowest BCUT2D eigenvalue weighted by atomic mass is 10.0. The minimum atomic E-state index is -0.417. The van der Waals surface area contributed by atoms with Crippen LogP contribution in [-0.2, 0) is 9.53 Å². The van der Waals surface area contributed by atoms with Crippen LogP contribution in [0.5, 0.6) is 0 Å². The van der Waals surface area contributed by atoms with Crippen molar-refractivity contribution in [3.05, 3.63) is 28.2 Å². The Morgan fingerprint density at radius 1 is 1.50 bits per heavy atom. The van der Waals surface area contributed by atoms with Gasteiger partial charge in [-0.1, -0.05) is 13.8 Å². The molecule has 1 unspecified atom stereocenters. The van der Waals surface area contributed by atoms with Crippen LogP contribution in [0.2, 0.25) is 0 Å². The molecule has 1 rings (SSSR count). The molecule has 0 aliphatic heterocycles. The molecule has 5 heteroatoms. The first-order chi connectivity index (χ1) is 8.49. The summed E-state index contributed by atoms with van der Waals surface area (Å²) < 4.78 is 5.51. The van der Waals surface area contributed by atoms with Gasteiger partial charge in [-0.05, 0) is 40.0 Å². The number of nitrogens with zero attached hydrogens (tertiary/aromatic N) is 1. The third kappa shape index (κ3) is 3.47. The van der Waals surface area contributed by atoms with Gasteiger partial charge in [-0.3, -0.25) is 0 Å². The molecule has 0 heterocycles. The monoisotopic (exact) mass is 310 g/mol. The molecule has 1 N–H and O–H groups in total. The van der Waals surface area contributed by atoms with Gasteiger partial charge in [0.25, 0.3) is 0 Å². The number of carbonyl (C=O) groups excluding carboxylic acids is 1. The fourth-order valence-corrected chi connectivity index (χ4v) is 1.99. The summed E-state index contributed by atoms with van der Waals surface area (Å²) in [5, 5.41) is 11.9. The van der Waals surface area contributed by atoms with Gasteiger partial charge in [0, 0.05) is 10.2 Å². The van der Waals surface area contributed by atoms with Crippen LogP contribution in [0, 0.1) is 17.2 Å². The van der Waals surface area contributed by atoms with E-state index in [-0.39, 0.29) is 11.9 Å². The van der Waals surface area contributed by atoms with Crippen molar-refractivity contribution in [1.82, 2.24) is 0 Å². The normalized spacial score (nSPS) is 11.8. The lowest BCUT2D eigenvalue weighted by Crippen LogP contribution is -2.35. The third-order valence-corrected chi connectivity index (χ3v) is 3.19. The van der Waals surface area contributed by atoms with Crippen molar-refractivity contribution in [2.45, 2.75) is 19.9 Å². The average molecular weight is 311 g/mol. The van der Waals surface area contributed by atoms with Crippen LogP contribution >= 0.6 is 15.9 Å². The standard InChI is InChI=1S/C13H15BrN2O2/c1-8(2)12(13(17)18-3)16-11-5-4-9(7-15)6-10(11)14/h4-6,8,12,16H,1-3H3. The summed E-state index contributed by atoms with van der Waals surface area (Å²) >= 11 is 3.37. The maximum atomic E-state index is 11.6. The van der Waals surface area contributed by atoms with Crippen LogP contribution in [0.1, 0.15) is 19.4 Å². The minimum Gasteiger partial charge on any atom is -0.467 e. The van der Waals surface area contributed by atoms with Crippen molar-refractivity contribution < 1.29 is 9.53 Å². The number of anilines is 1. The molecule has 1 aromatic carbocycles. The Bertz CT molecular complexity index is 480. The summed E-state index contributed by atoms with van der Waals surface area (Å²) in [4.78, 5) is 11.6. The molecule has 18 heavy (non-hydrogen) atoms. The Hall–Kier alpha value is -1.54. The number of ether oxygens (including phenoxy) is 1. The van der Waals surface area contributed by atoms with Crippen LogP contribution in [0.15, 0.2) is 22.7 Å². The summed E-state index contributed by atoms with van der Waals surface area (Å²) in [5.74, 6) is -0.207. The molecule has 96 valence electrons. The molecule has 0 spiro atoms. The van der Waals surface area contributed by atoms with E-state index in [1.165, 1.54) is 7.11 Å². The van der Waals surface area contributed by atoms with E-state index in [1.807, 2.05) is 13.8 Å². The number of esters is 1. The molecule has 0 aromatic heterocycles. The summed E-state index contributed by atoms with van der Waals surface area (Å²) in [6.07, 6.45) is 0. The third-order valence-electron chi connectivity index (χ3n) is 2.53. The summed E-state index contributed by atoms with van der Waals surface area (Å²) in [6.45, 7) is 3.87. The van der Waals surface area contributed by atoms with Gasteiger partial charge in [0.2, 0.25) is 0 Å². The number of nitrogens with one attached hydrogen (secondary N) is 1. The Morgan fingerprint density at radius 2 is 2.17 bits per heavy atom. The van der Waals surface area contributed by atoms with Gasteiger partial charge >= 0.3 is 5.97 Å². The summed E-state index contributed by atoms with van der Waals surface area (Å²) in [7, 11) is 1.37. The molecule has 0 radical (unpaired) electrons. The molecule has 4 nitrogen and oxygen atoms in total. The average Bonchev–Trinajstić information content (AvgIpc) is 2.35. The Kier molecular flexibility index (Phi) is 5.17. The van der Waals surface area contributed by atoms with E-state index in [0.29, 0.717) is 5.56 Å². The molecule has 0 saturated heterocycles. The van der Waals surface area contributed by atoms with E-state index >= 15 is 0 Å². The van der Waals surface area contributed by atoms with Gasteiger partial charge in [0.1, 0.15) is 6.04 Å². The van der Waals surface area contributed by atoms with Crippen molar-refractivity contribution in [3.8, 4) is 6.07 Å². The smallest absolute Gasteiger partial charge is 0.328 e. The first-order valence-corrected chi connectivity index (χ1v) is 6.33. The van der Waals surface area contributed by atoms with Crippen LogP contribution < -0.4 is 5.32 Å². The van der Waals surface area contributed by atoms with Crippen molar-refractivity contribution in [2.24, 2.45) is 5.92 Å². The second-order valence-electron chi connectivity index (χ2n) is 4.20. The van der Waals surface area contributed by atoms with Gasteiger partial charge in [-0.15, -0.1) is 0 Å². The number of nitriles is 1. The van der Waals surface area contributed by atoms with Crippen molar-refractivity contribution in [3.63, 3.8) is 0 Å². The first-order valence-electron chi connectivity index (χ1n) is 5.53. The van der Waals surface area contributed by atoms with Crippen molar-refractivity contribution in [1.29, 1.82) is 5.26 Å². The molecule has 1 atom stereocenters. The van der Waals surface area contributed by atoms with E-state index < -0.39 is 6.04 Å². The molecular formula is C13H15BrN2O2. The van der Waals surface area contributed by atoms with Gasteiger partial charge in [0.15, 0.2) is 0 Å². The number of benzene rings is 1. The molecule has 0 saturated carbocycles. The highest BCUT2D eigenvalue weighted by atomic mass is 79.9. The molecule has 0 bridgehead atoms. The lowest BCUT2D eigenvalue weighted by molar-refractivity contribution is -0.142. The molecule has 1 aromatic rings. The largest absolute Gasteiger partial charge is 0.467 e. The highest BCUT2D eigenvalue weighted by Crippen LogP contribution is 2.25. The van der Waals surface area contributed by atoms with Crippen LogP contribution in [-0.4, -0.2) is 19.1 Å². The number of methoxy groups -OCH3 is 1. The topological polar surface area (TPSA) is 62.1 Å². The van der Waals surface area contributed by atoms with Gasteiger partial charge in [-0.2, -0.15) is 5.26 Å². The number of hydrogen-bond acceptors (Lipinski definition) is 4. The fourth-order valence-electron chi connectivity index (χ4n) is 1.49. The zero-order chi connectivity index (χ0) is 13.7. The van der Waals surface area contributed by atoms with Gasteiger partial charge in [-0.25, -0.2) is 4.79 Å². The van der Waals surface area contributed by atoms with Crippen LogP contribution in [0.4, 0.5) is 5.69 Å². The molecular weight excluding hydrogens is 296 g/mol. The molecule has 0 amide bonds. The highest BCUT2D eigenvalue weighted by Gasteiger charge is 2.23. The minimum absolute atomic E-state index is 0.0972. The number of hydrogen-bond donors (Lipinski definition) is 1. The SMILES string of the molecule is COC(=O)C(Nc1ccc(C#N)cc1Br)C(C)C. The van der Waals surface area contributed by atoms with E-state index in [9.17, 15) is 4.79 Å². The van der Waals surface area contributed by atoms with Crippen LogP contribution in [0.25, 0.3) is 0 Å². The lowest BCUT2D eigenvalue weighted by Gasteiger charge is -2.21. The maximum absolute atomic E-state index is 11.6. The fraction of sp³-hybridized carbons (Fsp3) is 0.385. The van der Waals surface area contributed by atoms with Crippen molar-refractivity contribution >= 4 is 27.6 Å². The number of rotatable bonds is 4. The van der Waals surface area contributed by atoms with E-state index in [1.54, 1.807) is 18.2 Å². The predicted molar refractivity (Wildman–Crippen MR) is 73.1 cm³/mol. The second-order valence-corrected chi connectivity index (χ2v) is 5.05. The summed E-state index contributed by atoms with van der Waals surface area (Å²) in [6, 6.07) is 6.80. The first kappa shape index (κ1) is 14.5. The Labute approximate surface area is 115 Å². The second kappa shape index (κ2) is 6.41. The summed E-state index contributed by atoms with van der Waals surface area (Å²) in [5.41, 5.74) is 1.32. The number of halogens is 1. The van der Waals surface area contributed by atoms with E-state index in [4.69, 9.17) is 10.00 Å². The molecule has 0 aliphatic rings. The zero-order valence-corrected chi connectivity index (χ0v) is 12.1. The van der Waals surface area contributed by atoms with Crippen molar-refractivity contribution in [2.75, 3.05) is 12.4 Å². The Balaban J connectivity index is 2.95. The quantitative estimate of drug-likeness (QED) is 0.869. The van der Waals surface area contributed by atoms with Gasteiger partial charge in [0.05, 0.1) is 18.7 Å². The predicted octanol–water partition coefficient (Wildman–Crippen LogP) is 2.93. The molecule has 0 fully saturated rings. The maximum Gasteiger partial charge on any atom is 0.328 e. The zero-order valence-electron chi connectivity index (χ0n) is 10.5. The highest BCUT2D eigenvalue weighted by molar-refractivity contribution is 9.10.